The summed E-state index contributed by atoms with van der Waals surface area (Å²) >= 11 is 2.97. The second kappa shape index (κ2) is 5.27. The van der Waals surface area contributed by atoms with Gasteiger partial charge in [0.25, 0.3) is 0 Å². The van der Waals surface area contributed by atoms with Crippen LogP contribution >= 0.6 is 15.9 Å². The van der Waals surface area contributed by atoms with Gasteiger partial charge in [0.15, 0.2) is 6.10 Å². The van der Waals surface area contributed by atoms with Gasteiger partial charge in [-0.05, 0) is 45.6 Å². The van der Waals surface area contributed by atoms with Crippen molar-refractivity contribution in [3.63, 3.8) is 0 Å². The quantitative estimate of drug-likeness (QED) is 0.893. The molecule has 0 spiro atoms. The number of hydrogen-bond donors (Lipinski definition) is 2. The Balaban J connectivity index is 3.18. The first kappa shape index (κ1) is 14.3. The molecule has 0 aromatic heterocycles. The molecule has 1 aromatic carbocycles. The number of phenols is 1. The maximum Gasteiger partial charge on any atom is 0.418 e. The number of rotatable bonds is 3. The predicted molar refractivity (Wildman–Crippen MR) is 60.8 cm³/mol. The summed E-state index contributed by atoms with van der Waals surface area (Å²) < 4.78 is 37.2. The van der Waals surface area contributed by atoms with Crippen LogP contribution in [0.25, 0.3) is 0 Å². The maximum atomic E-state index is 12.4. The van der Waals surface area contributed by atoms with Gasteiger partial charge >= 0.3 is 6.18 Å². The summed E-state index contributed by atoms with van der Waals surface area (Å²) in [5, 5.41) is 18.8. The molecule has 0 aliphatic carbocycles. The molecular weight excluding hydrogens is 301 g/mol. The summed E-state index contributed by atoms with van der Waals surface area (Å²) in [6.07, 6.45) is -6.11. The molecule has 1 atom stereocenters. The van der Waals surface area contributed by atoms with E-state index in [4.69, 9.17) is 5.11 Å². The molecule has 0 bridgehead atoms. The van der Waals surface area contributed by atoms with Crippen LogP contribution in [0.4, 0.5) is 13.2 Å². The van der Waals surface area contributed by atoms with Crippen LogP contribution < -0.4 is 0 Å². The zero-order valence-electron chi connectivity index (χ0n) is 9.05. The van der Waals surface area contributed by atoms with Crippen molar-refractivity contribution < 1.29 is 23.4 Å². The third-order valence-corrected chi connectivity index (χ3v) is 2.91. The van der Waals surface area contributed by atoms with Crippen LogP contribution in [0.15, 0.2) is 16.6 Å². The maximum absolute atomic E-state index is 12.4. The molecule has 1 aromatic rings. The zero-order valence-corrected chi connectivity index (χ0v) is 10.6. The molecule has 0 fully saturated rings. The van der Waals surface area contributed by atoms with Gasteiger partial charge in [-0.2, -0.15) is 13.2 Å². The van der Waals surface area contributed by atoms with Gasteiger partial charge in [-0.1, -0.05) is 13.3 Å². The fourth-order valence-electron chi connectivity index (χ4n) is 1.49. The van der Waals surface area contributed by atoms with Crippen molar-refractivity contribution in [3.05, 3.63) is 27.7 Å². The third-order valence-electron chi connectivity index (χ3n) is 2.31. The fraction of sp³-hybridized carbons (Fsp3) is 0.455. The van der Waals surface area contributed by atoms with E-state index in [9.17, 15) is 18.3 Å². The second-order valence-corrected chi connectivity index (χ2v) is 4.56. The number of aliphatic hydroxyl groups excluding tert-OH is 1. The summed E-state index contributed by atoms with van der Waals surface area (Å²) in [4.78, 5) is 0. The van der Waals surface area contributed by atoms with Gasteiger partial charge in [-0.15, -0.1) is 0 Å². The van der Waals surface area contributed by atoms with Crippen LogP contribution in [-0.4, -0.2) is 16.4 Å². The van der Waals surface area contributed by atoms with Crippen LogP contribution in [0.5, 0.6) is 5.75 Å². The average molecular weight is 313 g/mol. The molecule has 0 saturated heterocycles. The van der Waals surface area contributed by atoms with Crippen molar-refractivity contribution in [2.45, 2.75) is 32.0 Å². The highest BCUT2D eigenvalue weighted by molar-refractivity contribution is 9.10. The zero-order chi connectivity index (χ0) is 13.2. The van der Waals surface area contributed by atoms with E-state index < -0.39 is 12.3 Å². The molecule has 0 aliphatic rings. The van der Waals surface area contributed by atoms with E-state index in [1.807, 2.05) is 6.92 Å². The predicted octanol–water partition coefficient (Wildman–Crippen LogP) is 3.70. The molecule has 0 radical (unpaired) electrons. The first-order valence-corrected chi connectivity index (χ1v) is 5.82. The smallest absolute Gasteiger partial charge is 0.418 e. The Morgan fingerprint density at radius 1 is 1.35 bits per heavy atom. The first-order chi connectivity index (χ1) is 7.77. The fourth-order valence-corrected chi connectivity index (χ4v) is 2.01. The molecule has 2 nitrogen and oxygen atoms in total. The summed E-state index contributed by atoms with van der Waals surface area (Å²) in [7, 11) is 0. The van der Waals surface area contributed by atoms with Crippen LogP contribution in [0.2, 0.25) is 0 Å². The lowest BCUT2D eigenvalue weighted by Gasteiger charge is -2.17. The van der Waals surface area contributed by atoms with Crippen molar-refractivity contribution in [1.29, 1.82) is 0 Å². The highest BCUT2D eigenvalue weighted by Crippen LogP contribution is 2.37. The first-order valence-electron chi connectivity index (χ1n) is 5.03. The summed E-state index contributed by atoms with van der Waals surface area (Å²) in [6, 6.07) is 2.26. The van der Waals surface area contributed by atoms with E-state index in [2.05, 4.69) is 15.9 Å². The van der Waals surface area contributed by atoms with Gasteiger partial charge in [-0.3, -0.25) is 0 Å². The van der Waals surface area contributed by atoms with Crippen LogP contribution in [0.1, 0.15) is 30.6 Å². The van der Waals surface area contributed by atoms with Crippen LogP contribution in [0.3, 0.4) is 0 Å². The largest absolute Gasteiger partial charge is 0.506 e. The molecule has 2 N–H and O–H groups in total. The monoisotopic (exact) mass is 312 g/mol. The van der Waals surface area contributed by atoms with Crippen molar-refractivity contribution in [1.82, 2.24) is 0 Å². The minimum Gasteiger partial charge on any atom is -0.506 e. The van der Waals surface area contributed by atoms with Gasteiger partial charge in [0.2, 0.25) is 0 Å². The lowest BCUT2D eigenvalue weighted by Crippen LogP contribution is -2.20. The Labute approximate surface area is 105 Å². The average Bonchev–Trinajstić information content (AvgIpc) is 2.22. The molecule has 17 heavy (non-hydrogen) atoms. The standard InChI is InChI=1S/C11H12BrF3O2/c1-2-3-6-4-7(5-8(12)9(6)16)10(17)11(13,14)15/h4-5,10,16-17H,2-3H2,1H3/t10-/m0/s1. The van der Waals surface area contributed by atoms with Gasteiger partial charge in [-0.25, -0.2) is 0 Å². The van der Waals surface area contributed by atoms with E-state index in [0.29, 0.717) is 18.4 Å². The van der Waals surface area contributed by atoms with Gasteiger partial charge in [0, 0.05) is 0 Å². The normalized spacial score (nSPS) is 13.8. The highest BCUT2D eigenvalue weighted by Gasteiger charge is 2.39. The number of halogens is 4. The Morgan fingerprint density at radius 2 is 1.94 bits per heavy atom. The molecule has 6 heteroatoms. The second-order valence-electron chi connectivity index (χ2n) is 3.70. The third kappa shape index (κ3) is 3.35. The van der Waals surface area contributed by atoms with Gasteiger partial charge in [0.05, 0.1) is 4.47 Å². The van der Waals surface area contributed by atoms with E-state index in [1.165, 1.54) is 6.07 Å². The van der Waals surface area contributed by atoms with E-state index >= 15 is 0 Å². The van der Waals surface area contributed by atoms with Crippen molar-refractivity contribution in [2.75, 3.05) is 0 Å². The Bertz CT molecular complexity index is 404. The lowest BCUT2D eigenvalue weighted by molar-refractivity contribution is -0.206. The number of alkyl halides is 3. The number of aromatic hydroxyl groups is 1. The molecule has 0 saturated carbocycles. The van der Waals surface area contributed by atoms with Crippen molar-refractivity contribution in [3.8, 4) is 5.75 Å². The van der Waals surface area contributed by atoms with E-state index in [1.54, 1.807) is 0 Å². The Hall–Kier alpha value is -0.750. The van der Waals surface area contributed by atoms with Gasteiger partial charge < -0.3 is 10.2 Å². The molecule has 96 valence electrons. The van der Waals surface area contributed by atoms with E-state index in [-0.39, 0.29) is 15.8 Å². The Morgan fingerprint density at radius 3 is 2.41 bits per heavy atom. The highest BCUT2D eigenvalue weighted by atomic mass is 79.9. The molecule has 0 amide bonds. The number of benzene rings is 1. The minimum atomic E-state index is -4.71. The molecule has 0 heterocycles. The molecule has 0 unspecified atom stereocenters. The summed E-state index contributed by atoms with van der Waals surface area (Å²) in [5.41, 5.74) is 0.116. The van der Waals surface area contributed by atoms with E-state index in [0.717, 1.165) is 6.07 Å². The minimum absolute atomic E-state index is 0.0787. The number of aliphatic hydroxyl groups is 1. The van der Waals surface area contributed by atoms with Crippen LogP contribution in [-0.2, 0) is 6.42 Å². The van der Waals surface area contributed by atoms with Crippen LogP contribution in [0, 0.1) is 0 Å². The molecule has 0 aliphatic heterocycles. The van der Waals surface area contributed by atoms with Crippen molar-refractivity contribution in [2.24, 2.45) is 0 Å². The summed E-state index contributed by atoms with van der Waals surface area (Å²) in [5.74, 6) is -0.0787. The summed E-state index contributed by atoms with van der Waals surface area (Å²) in [6.45, 7) is 1.85. The number of phenolic OH excluding ortho intramolecular Hbond substituents is 1. The topological polar surface area (TPSA) is 40.5 Å². The Kier molecular flexibility index (Phi) is 4.43. The number of hydrogen-bond acceptors (Lipinski definition) is 2. The number of aryl methyl sites for hydroxylation is 1. The van der Waals surface area contributed by atoms with Gasteiger partial charge in [0.1, 0.15) is 5.75 Å². The molecular formula is C11H12BrF3O2. The molecule has 1 rings (SSSR count). The lowest BCUT2D eigenvalue weighted by atomic mass is 10.0. The van der Waals surface area contributed by atoms with Crippen molar-refractivity contribution >= 4 is 15.9 Å². The SMILES string of the molecule is CCCc1cc([C@H](O)C(F)(F)F)cc(Br)c1O.